The molecule has 2 rings (SSSR count). The van der Waals surface area contributed by atoms with E-state index in [2.05, 4.69) is 36.0 Å². The Labute approximate surface area is 96.9 Å². The van der Waals surface area contributed by atoms with E-state index in [1.54, 1.807) is 11.3 Å². The fourth-order valence-electron chi connectivity index (χ4n) is 2.23. The monoisotopic (exact) mass is 223 g/mol. The summed E-state index contributed by atoms with van der Waals surface area (Å²) in [6.45, 7) is 5.82. The van der Waals surface area contributed by atoms with Crippen molar-refractivity contribution in [3.05, 3.63) is 22.4 Å². The number of thiophene rings is 1. The minimum atomic E-state index is 0.802. The Kier molecular flexibility index (Phi) is 3.81. The molecule has 0 aromatic carbocycles. The van der Waals surface area contributed by atoms with Gasteiger partial charge in [0.15, 0.2) is 0 Å². The highest BCUT2D eigenvalue weighted by Gasteiger charge is 2.30. The van der Waals surface area contributed by atoms with Crippen molar-refractivity contribution in [1.29, 1.82) is 0 Å². The standard InChI is InChI=1S/C13H21NS/c1-10(2)12-7-13(8-12)14-5-3-11-4-6-15-9-11/h4,6,9-10,12-14H,3,5,7-8H2,1-2H3. The summed E-state index contributed by atoms with van der Waals surface area (Å²) in [4.78, 5) is 0. The lowest BCUT2D eigenvalue weighted by atomic mass is 9.74. The molecule has 15 heavy (non-hydrogen) atoms. The van der Waals surface area contributed by atoms with E-state index in [0.29, 0.717) is 0 Å². The van der Waals surface area contributed by atoms with Gasteiger partial charge in [-0.15, -0.1) is 0 Å². The average molecular weight is 223 g/mol. The quantitative estimate of drug-likeness (QED) is 0.807. The smallest absolute Gasteiger partial charge is 0.00726 e. The lowest BCUT2D eigenvalue weighted by Crippen LogP contribution is -2.43. The highest BCUT2D eigenvalue weighted by atomic mass is 32.1. The van der Waals surface area contributed by atoms with E-state index >= 15 is 0 Å². The Bertz CT molecular complexity index is 273. The van der Waals surface area contributed by atoms with Crippen LogP contribution in [0.15, 0.2) is 16.8 Å². The first-order valence-corrected chi connectivity index (χ1v) is 6.94. The topological polar surface area (TPSA) is 12.0 Å². The predicted molar refractivity (Wildman–Crippen MR) is 67.4 cm³/mol. The van der Waals surface area contributed by atoms with Gasteiger partial charge in [0.1, 0.15) is 0 Å². The third-order valence-corrected chi connectivity index (χ3v) is 4.28. The third-order valence-electron chi connectivity index (χ3n) is 3.54. The maximum Gasteiger partial charge on any atom is 0.00726 e. The van der Waals surface area contributed by atoms with Crippen molar-refractivity contribution in [2.24, 2.45) is 11.8 Å². The average Bonchev–Trinajstić information content (AvgIpc) is 2.60. The molecule has 84 valence electrons. The normalized spacial score (nSPS) is 25.5. The second-order valence-corrected chi connectivity index (χ2v) is 5.79. The van der Waals surface area contributed by atoms with Crippen molar-refractivity contribution in [1.82, 2.24) is 5.32 Å². The van der Waals surface area contributed by atoms with Gasteiger partial charge in [-0.2, -0.15) is 11.3 Å². The Morgan fingerprint density at radius 1 is 1.47 bits per heavy atom. The summed E-state index contributed by atoms with van der Waals surface area (Å²) in [6.07, 6.45) is 3.97. The molecule has 1 N–H and O–H groups in total. The van der Waals surface area contributed by atoms with Gasteiger partial charge in [-0.3, -0.25) is 0 Å². The van der Waals surface area contributed by atoms with E-state index in [1.807, 2.05) is 0 Å². The van der Waals surface area contributed by atoms with Crippen LogP contribution in [0.3, 0.4) is 0 Å². The molecule has 1 fully saturated rings. The van der Waals surface area contributed by atoms with Crippen molar-refractivity contribution < 1.29 is 0 Å². The largest absolute Gasteiger partial charge is 0.314 e. The van der Waals surface area contributed by atoms with Crippen LogP contribution < -0.4 is 5.32 Å². The molecular weight excluding hydrogens is 202 g/mol. The molecule has 0 spiro atoms. The minimum Gasteiger partial charge on any atom is -0.314 e. The SMILES string of the molecule is CC(C)C1CC(NCCc2ccsc2)C1. The molecule has 1 heterocycles. The predicted octanol–water partition coefficient (Wildman–Crippen LogP) is 3.31. The number of nitrogens with one attached hydrogen (secondary N) is 1. The van der Waals surface area contributed by atoms with Gasteiger partial charge in [0.25, 0.3) is 0 Å². The molecule has 1 aliphatic carbocycles. The van der Waals surface area contributed by atoms with E-state index in [0.717, 1.165) is 24.4 Å². The van der Waals surface area contributed by atoms with E-state index in [4.69, 9.17) is 0 Å². The Balaban J connectivity index is 1.57. The first-order chi connectivity index (χ1) is 7.25. The van der Waals surface area contributed by atoms with Gasteiger partial charge in [0, 0.05) is 6.04 Å². The van der Waals surface area contributed by atoms with Gasteiger partial charge < -0.3 is 5.32 Å². The summed E-state index contributed by atoms with van der Waals surface area (Å²) in [7, 11) is 0. The van der Waals surface area contributed by atoms with Crippen LogP contribution in [-0.2, 0) is 6.42 Å². The van der Waals surface area contributed by atoms with Gasteiger partial charge in [-0.05, 0) is 60.0 Å². The van der Waals surface area contributed by atoms with Gasteiger partial charge >= 0.3 is 0 Å². The molecular formula is C13H21NS. The van der Waals surface area contributed by atoms with E-state index < -0.39 is 0 Å². The third kappa shape index (κ3) is 3.05. The molecule has 0 atom stereocenters. The van der Waals surface area contributed by atoms with Crippen molar-refractivity contribution in [2.75, 3.05) is 6.54 Å². The molecule has 1 aromatic rings. The van der Waals surface area contributed by atoms with Crippen molar-refractivity contribution in [3.63, 3.8) is 0 Å². The second kappa shape index (κ2) is 5.13. The first kappa shape index (κ1) is 11.2. The minimum absolute atomic E-state index is 0.802. The van der Waals surface area contributed by atoms with Gasteiger partial charge in [-0.1, -0.05) is 13.8 Å². The lowest BCUT2D eigenvalue weighted by molar-refractivity contribution is 0.169. The van der Waals surface area contributed by atoms with Crippen LogP contribution in [0.5, 0.6) is 0 Å². The van der Waals surface area contributed by atoms with E-state index in [9.17, 15) is 0 Å². The van der Waals surface area contributed by atoms with Crippen LogP contribution in [-0.4, -0.2) is 12.6 Å². The molecule has 0 saturated heterocycles. The molecule has 0 radical (unpaired) electrons. The molecule has 1 nitrogen and oxygen atoms in total. The lowest BCUT2D eigenvalue weighted by Gasteiger charge is -2.38. The fourth-order valence-corrected chi connectivity index (χ4v) is 2.93. The summed E-state index contributed by atoms with van der Waals surface area (Å²) in [6, 6.07) is 3.03. The van der Waals surface area contributed by atoms with Crippen molar-refractivity contribution in [2.45, 2.75) is 39.2 Å². The maximum absolute atomic E-state index is 3.65. The summed E-state index contributed by atoms with van der Waals surface area (Å²) in [5.74, 6) is 1.85. The Morgan fingerprint density at radius 2 is 2.27 bits per heavy atom. The molecule has 2 heteroatoms. The van der Waals surface area contributed by atoms with Crippen LogP contribution in [0.2, 0.25) is 0 Å². The molecule has 0 amide bonds. The molecule has 1 aliphatic rings. The maximum atomic E-state index is 3.65. The van der Waals surface area contributed by atoms with Gasteiger partial charge in [-0.25, -0.2) is 0 Å². The first-order valence-electron chi connectivity index (χ1n) is 6.00. The highest BCUT2D eigenvalue weighted by molar-refractivity contribution is 7.07. The second-order valence-electron chi connectivity index (χ2n) is 5.01. The molecule has 0 unspecified atom stereocenters. The van der Waals surface area contributed by atoms with Crippen LogP contribution in [0.4, 0.5) is 0 Å². The van der Waals surface area contributed by atoms with Crippen LogP contribution >= 0.6 is 11.3 Å². The van der Waals surface area contributed by atoms with Crippen LogP contribution in [0.25, 0.3) is 0 Å². The summed E-state index contributed by atoms with van der Waals surface area (Å²) in [5.41, 5.74) is 1.48. The van der Waals surface area contributed by atoms with Gasteiger partial charge in [0.2, 0.25) is 0 Å². The fraction of sp³-hybridized carbons (Fsp3) is 0.692. The van der Waals surface area contributed by atoms with Crippen LogP contribution in [0.1, 0.15) is 32.3 Å². The number of hydrogen-bond acceptors (Lipinski definition) is 2. The zero-order valence-electron chi connectivity index (χ0n) is 9.70. The molecule has 1 aromatic heterocycles. The Hall–Kier alpha value is -0.340. The molecule has 1 saturated carbocycles. The number of hydrogen-bond donors (Lipinski definition) is 1. The summed E-state index contributed by atoms with van der Waals surface area (Å²) >= 11 is 1.79. The van der Waals surface area contributed by atoms with E-state index in [-0.39, 0.29) is 0 Å². The summed E-state index contributed by atoms with van der Waals surface area (Å²) in [5, 5.41) is 8.06. The zero-order valence-corrected chi connectivity index (χ0v) is 10.5. The highest BCUT2D eigenvalue weighted by Crippen LogP contribution is 2.33. The number of rotatable bonds is 5. The summed E-state index contributed by atoms with van der Waals surface area (Å²) < 4.78 is 0. The molecule has 0 aliphatic heterocycles. The van der Waals surface area contributed by atoms with Crippen molar-refractivity contribution in [3.8, 4) is 0 Å². The van der Waals surface area contributed by atoms with Gasteiger partial charge in [0.05, 0.1) is 0 Å². The van der Waals surface area contributed by atoms with Crippen molar-refractivity contribution >= 4 is 11.3 Å². The van der Waals surface area contributed by atoms with E-state index in [1.165, 1.54) is 24.8 Å². The Morgan fingerprint density at radius 3 is 2.87 bits per heavy atom. The zero-order chi connectivity index (χ0) is 10.7. The molecule has 0 bridgehead atoms. The van der Waals surface area contributed by atoms with Crippen LogP contribution in [0, 0.1) is 11.8 Å².